The number of methoxy groups -OCH3 is 1. The molecule has 1 fully saturated rings. The average Bonchev–Trinajstić information content (AvgIpc) is 3.16. The van der Waals surface area contributed by atoms with Gasteiger partial charge in [-0.1, -0.05) is 0 Å². The summed E-state index contributed by atoms with van der Waals surface area (Å²) < 4.78 is 26.4. The number of fused-ring (bicyclic) bond motifs is 2. The van der Waals surface area contributed by atoms with Crippen molar-refractivity contribution >= 4 is 22.2 Å². The lowest BCUT2D eigenvalue weighted by molar-refractivity contribution is 0.122. The molecule has 0 atom stereocenters. The van der Waals surface area contributed by atoms with E-state index < -0.39 is 5.82 Å². The number of hydrogen-bond donors (Lipinski definition) is 0. The highest BCUT2D eigenvalue weighted by Gasteiger charge is 2.17. The molecule has 4 heterocycles. The zero-order valence-corrected chi connectivity index (χ0v) is 15.3. The molecule has 0 spiro atoms. The van der Waals surface area contributed by atoms with Crippen LogP contribution in [0.4, 0.5) is 10.1 Å². The summed E-state index contributed by atoms with van der Waals surface area (Å²) in [6.45, 7) is 3.09. The Morgan fingerprint density at radius 3 is 2.79 bits per heavy atom. The van der Waals surface area contributed by atoms with E-state index in [2.05, 4.69) is 20.0 Å². The van der Waals surface area contributed by atoms with Crippen LogP contribution in [0.1, 0.15) is 0 Å². The van der Waals surface area contributed by atoms with E-state index in [1.54, 1.807) is 23.0 Å². The Morgan fingerprint density at radius 1 is 1.11 bits per heavy atom. The molecular weight excluding hydrogens is 361 g/mol. The molecule has 142 valence electrons. The van der Waals surface area contributed by atoms with Crippen LogP contribution < -0.4 is 9.64 Å². The number of benzene rings is 1. The van der Waals surface area contributed by atoms with E-state index >= 15 is 0 Å². The van der Waals surface area contributed by atoms with Crippen molar-refractivity contribution in [1.82, 2.24) is 19.6 Å². The van der Waals surface area contributed by atoms with Gasteiger partial charge in [0.25, 0.3) is 0 Å². The van der Waals surface area contributed by atoms with Crippen molar-refractivity contribution in [3.05, 3.63) is 48.8 Å². The molecule has 1 saturated heterocycles. The largest absolute Gasteiger partial charge is 0.494 e. The quantitative estimate of drug-likeness (QED) is 0.545. The van der Waals surface area contributed by atoms with Crippen molar-refractivity contribution in [2.75, 3.05) is 38.3 Å². The van der Waals surface area contributed by atoms with Gasteiger partial charge in [-0.25, -0.2) is 13.9 Å². The Bertz CT molecular complexity index is 1170. The third-order valence-electron chi connectivity index (χ3n) is 5.02. The molecule has 28 heavy (non-hydrogen) atoms. The van der Waals surface area contributed by atoms with Crippen molar-refractivity contribution in [3.8, 4) is 16.9 Å². The second-order valence-corrected chi connectivity index (χ2v) is 6.60. The predicted octanol–water partition coefficient (Wildman–Crippen LogP) is 2.93. The van der Waals surface area contributed by atoms with Crippen LogP contribution in [0.25, 0.3) is 27.7 Å². The van der Waals surface area contributed by atoms with Crippen molar-refractivity contribution in [3.63, 3.8) is 0 Å². The molecule has 4 aromatic rings. The topological polar surface area (TPSA) is 64.8 Å². The van der Waals surface area contributed by atoms with E-state index in [0.717, 1.165) is 40.9 Å². The highest BCUT2D eigenvalue weighted by molar-refractivity contribution is 5.98. The van der Waals surface area contributed by atoms with Crippen LogP contribution in [-0.4, -0.2) is 53.0 Å². The van der Waals surface area contributed by atoms with Crippen molar-refractivity contribution in [2.45, 2.75) is 0 Å². The number of pyridine rings is 1. The van der Waals surface area contributed by atoms with Crippen molar-refractivity contribution < 1.29 is 13.9 Å². The van der Waals surface area contributed by atoms with Crippen molar-refractivity contribution in [1.29, 1.82) is 0 Å². The van der Waals surface area contributed by atoms with Gasteiger partial charge >= 0.3 is 0 Å². The van der Waals surface area contributed by atoms with Gasteiger partial charge in [0.1, 0.15) is 0 Å². The van der Waals surface area contributed by atoms with Crippen LogP contribution in [0.15, 0.2) is 43.0 Å². The summed E-state index contributed by atoms with van der Waals surface area (Å²) in [5.41, 5.74) is 4.03. The lowest BCUT2D eigenvalue weighted by Gasteiger charge is -2.28. The van der Waals surface area contributed by atoms with Crippen LogP contribution in [0.3, 0.4) is 0 Å². The fraction of sp³-hybridized carbons (Fsp3) is 0.250. The maximum Gasteiger partial charge on any atom is 0.167 e. The van der Waals surface area contributed by atoms with E-state index in [1.165, 1.54) is 13.2 Å². The highest BCUT2D eigenvalue weighted by atomic mass is 19.1. The van der Waals surface area contributed by atoms with Crippen molar-refractivity contribution in [2.24, 2.45) is 0 Å². The first-order chi connectivity index (χ1) is 13.7. The van der Waals surface area contributed by atoms with E-state index in [-0.39, 0.29) is 5.75 Å². The minimum Gasteiger partial charge on any atom is -0.494 e. The predicted molar refractivity (Wildman–Crippen MR) is 103 cm³/mol. The van der Waals surface area contributed by atoms with Crippen LogP contribution in [0.2, 0.25) is 0 Å². The fourth-order valence-corrected chi connectivity index (χ4v) is 3.58. The van der Waals surface area contributed by atoms with E-state index in [9.17, 15) is 4.39 Å². The normalized spacial score (nSPS) is 14.7. The minimum atomic E-state index is -0.437. The molecule has 1 aliphatic rings. The molecular formula is C20H18FN5O2. The molecule has 1 aliphatic heterocycles. The zero-order chi connectivity index (χ0) is 19.1. The molecule has 0 unspecified atom stereocenters. The van der Waals surface area contributed by atoms with Gasteiger partial charge in [0.15, 0.2) is 17.2 Å². The molecule has 5 rings (SSSR count). The summed E-state index contributed by atoms with van der Waals surface area (Å²) in [4.78, 5) is 11.2. The fourth-order valence-electron chi connectivity index (χ4n) is 3.58. The maximum absolute atomic E-state index is 14.1. The average molecular weight is 379 g/mol. The lowest BCUT2D eigenvalue weighted by atomic mass is 10.0. The summed E-state index contributed by atoms with van der Waals surface area (Å²) >= 11 is 0. The molecule has 0 bridgehead atoms. The first-order valence-corrected chi connectivity index (χ1v) is 9.03. The van der Waals surface area contributed by atoms with E-state index in [0.29, 0.717) is 18.7 Å². The molecule has 3 aromatic heterocycles. The molecule has 0 aliphatic carbocycles. The third kappa shape index (κ3) is 2.73. The minimum absolute atomic E-state index is 0.181. The number of halogens is 1. The number of nitrogens with zero attached hydrogens (tertiary/aromatic N) is 5. The summed E-state index contributed by atoms with van der Waals surface area (Å²) in [7, 11) is 1.45. The number of morpholine rings is 1. The summed E-state index contributed by atoms with van der Waals surface area (Å²) in [6, 6.07) is 4.93. The molecule has 8 heteroatoms. The second kappa shape index (κ2) is 6.72. The van der Waals surface area contributed by atoms with Crippen LogP contribution in [0, 0.1) is 5.82 Å². The first-order valence-electron chi connectivity index (χ1n) is 9.03. The summed E-state index contributed by atoms with van der Waals surface area (Å²) in [5, 5.41) is 5.27. The molecule has 0 amide bonds. The second-order valence-electron chi connectivity index (χ2n) is 6.60. The summed E-state index contributed by atoms with van der Waals surface area (Å²) in [5.74, 6) is -0.256. The number of ether oxygens (including phenoxy) is 2. The van der Waals surface area contributed by atoms with Gasteiger partial charge in [-0.15, -0.1) is 0 Å². The van der Waals surface area contributed by atoms with Gasteiger partial charge in [0.2, 0.25) is 0 Å². The zero-order valence-electron chi connectivity index (χ0n) is 15.3. The Hall–Kier alpha value is -3.26. The molecule has 0 N–H and O–H groups in total. The molecule has 1 aromatic carbocycles. The van der Waals surface area contributed by atoms with Gasteiger partial charge in [-0.2, -0.15) is 5.10 Å². The first kappa shape index (κ1) is 16.9. The van der Waals surface area contributed by atoms with Gasteiger partial charge < -0.3 is 14.4 Å². The Morgan fingerprint density at radius 2 is 1.96 bits per heavy atom. The molecule has 7 nitrogen and oxygen atoms in total. The lowest BCUT2D eigenvalue weighted by Crippen LogP contribution is -2.36. The van der Waals surface area contributed by atoms with Gasteiger partial charge in [0.05, 0.1) is 50.1 Å². The van der Waals surface area contributed by atoms with Crippen LogP contribution >= 0.6 is 0 Å². The van der Waals surface area contributed by atoms with E-state index in [4.69, 9.17) is 9.47 Å². The molecule has 0 radical (unpaired) electrons. The molecule has 0 saturated carbocycles. The van der Waals surface area contributed by atoms with E-state index in [1.807, 2.05) is 18.5 Å². The van der Waals surface area contributed by atoms with Crippen LogP contribution in [0.5, 0.6) is 5.75 Å². The van der Waals surface area contributed by atoms with Gasteiger partial charge in [-0.3, -0.25) is 4.98 Å². The SMILES string of the molecule is COc1cc2c(-c3cnn4cc(N5CCOCC5)cnc34)ccnc2cc1F. The maximum atomic E-state index is 14.1. The Balaban J connectivity index is 1.63. The van der Waals surface area contributed by atoms with Gasteiger partial charge in [-0.05, 0) is 17.7 Å². The standard InChI is InChI=1S/C20H18FN5O2/c1-27-19-8-15-14(2-3-22-18(15)9-17(19)21)16-11-24-26-12-13(10-23-20(16)26)25-4-6-28-7-5-25/h2-3,8-12H,4-7H2,1H3. The Kier molecular flexibility index (Phi) is 4.05. The number of rotatable bonds is 3. The smallest absolute Gasteiger partial charge is 0.167 e. The van der Waals surface area contributed by atoms with Crippen LogP contribution in [-0.2, 0) is 4.74 Å². The third-order valence-corrected chi connectivity index (χ3v) is 5.02. The van der Waals surface area contributed by atoms with Gasteiger partial charge in [0, 0.05) is 36.3 Å². The highest BCUT2D eigenvalue weighted by Crippen LogP contribution is 2.33. The number of aromatic nitrogens is 4. The summed E-state index contributed by atoms with van der Waals surface area (Å²) in [6.07, 6.45) is 7.27. The Labute approximate surface area is 160 Å². The number of anilines is 1. The monoisotopic (exact) mass is 379 g/mol. The number of hydrogen-bond acceptors (Lipinski definition) is 6.